The molecule has 1 amide bonds. The van der Waals surface area contributed by atoms with Crippen LogP contribution < -0.4 is 15.4 Å². The van der Waals surface area contributed by atoms with Gasteiger partial charge >= 0.3 is 0 Å². The van der Waals surface area contributed by atoms with Crippen molar-refractivity contribution in [2.75, 3.05) is 33.3 Å². The van der Waals surface area contributed by atoms with Crippen LogP contribution in [0.1, 0.15) is 31.4 Å². The molecule has 7 heteroatoms. The zero-order valence-corrected chi connectivity index (χ0v) is 19.4. The van der Waals surface area contributed by atoms with Crippen molar-refractivity contribution in [3.63, 3.8) is 0 Å². The molecule has 1 atom stereocenters. The fraction of sp³-hybridized carbons (Fsp3) is 0.600. The highest BCUT2D eigenvalue weighted by molar-refractivity contribution is 14.0. The Morgan fingerprint density at radius 2 is 2.00 bits per heavy atom. The molecule has 0 spiro atoms. The van der Waals surface area contributed by atoms with Crippen LogP contribution in [0.25, 0.3) is 0 Å². The SMILES string of the molecule is CN=C(NCCOc1c(C)cccc1C)NC1CCN(C(=O)C(C)C)C1.I. The lowest BCUT2D eigenvalue weighted by Crippen LogP contribution is -2.46. The highest BCUT2D eigenvalue weighted by atomic mass is 127. The van der Waals surface area contributed by atoms with Crippen LogP contribution >= 0.6 is 24.0 Å². The number of aryl methyl sites for hydroxylation is 2. The van der Waals surface area contributed by atoms with Crippen molar-refractivity contribution in [3.8, 4) is 5.75 Å². The van der Waals surface area contributed by atoms with E-state index in [1.54, 1.807) is 7.05 Å². The molecule has 1 saturated heterocycles. The van der Waals surface area contributed by atoms with E-state index in [4.69, 9.17) is 4.74 Å². The predicted molar refractivity (Wildman–Crippen MR) is 121 cm³/mol. The van der Waals surface area contributed by atoms with Crippen LogP contribution in [0, 0.1) is 19.8 Å². The third-order valence-electron chi connectivity index (χ3n) is 4.61. The largest absolute Gasteiger partial charge is 0.491 e. The third-order valence-corrected chi connectivity index (χ3v) is 4.61. The van der Waals surface area contributed by atoms with Crippen molar-refractivity contribution in [1.29, 1.82) is 0 Å². The van der Waals surface area contributed by atoms with Gasteiger partial charge in [0.05, 0.1) is 6.54 Å². The number of rotatable bonds is 6. The van der Waals surface area contributed by atoms with Crippen molar-refractivity contribution >= 4 is 35.8 Å². The monoisotopic (exact) mass is 488 g/mol. The Morgan fingerprint density at radius 1 is 1.33 bits per heavy atom. The van der Waals surface area contributed by atoms with E-state index < -0.39 is 0 Å². The van der Waals surface area contributed by atoms with E-state index >= 15 is 0 Å². The molecule has 0 aromatic heterocycles. The van der Waals surface area contributed by atoms with E-state index in [1.165, 1.54) is 0 Å². The quantitative estimate of drug-likeness (QED) is 0.280. The van der Waals surface area contributed by atoms with Crippen LogP contribution in [0.15, 0.2) is 23.2 Å². The lowest BCUT2D eigenvalue weighted by atomic mass is 10.1. The molecule has 2 N–H and O–H groups in total. The van der Waals surface area contributed by atoms with Crippen molar-refractivity contribution in [2.45, 2.75) is 40.2 Å². The van der Waals surface area contributed by atoms with Gasteiger partial charge < -0.3 is 20.3 Å². The topological polar surface area (TPSA) is 66.0 Å². The number of halogens is 1. The molecule has 2 rings (SSSR count). The molecule has 1 unspecified atom stereocenters. The molecule has 6 nitrogen and oxygen atoms in total. The smallest absolute Gasteiger partial charge is 0.225 e. The summed E-state index contributed by atoms with van der Waals surface area (Å²) in [6, 6.07) is 6.39. The summed E-state index contributed by atoms with van der Waals surface area (Å²) >= 11 is 0. The van der Waals surface area contributed by atoms with Crippen LogP contribution in [0.3, 0.4) is 0 Å². The molecule has 0 saturated carbocycles. The number of para-hydroxylation sites is 1. The van der Waals surface area contributed by atoms with Crippen LogP contribution in [0.2, 0.25) is 0 Å². The Balaban J connectivity index is 0.00000364. The number of carbonyl (C=O) groups is 1. The fourth-order valence-corrected chi connectivity index (χ4v) is 3.18. The molecule has 0 radical (unpaired) electrons. The first-order valence-corrected chi connectivity index (χ1v) is 9.37. The third kappa shape index (κ3) is 6.86. The van der Waals surface area contributed by atoms with Crippen molar-refractivity contribution in [3.05, 3.63) is 29.3 Å². The van der Waals surface area contributed by atoms with Gasteiger partial charge in [-0.05, 0) is 31.4 Å². The van der Waals surface area contributed by atoms with Crippen molar-refractivity contribution in [2.24, 2.45) is 10.9 Å². The Labute approximate surface area is 180 Å². The maximum atomic E-state index is 12.1. The number of hydrogen-bond acceptors (Lipinski definition) is 3. The molecular weight excluding hydrogens is 455 g/mol. The average molecular weight is 488 g/mol. The molecule has 1 fully saturated rings. The normalized spacial score (nSPS) is 16.9. The highest BCUT2D eigenvalue weighted by Gasteiger charge is 2.27. The zero-order valence-electron chi connectivity index (χ0n) is 17.0. The van der Waals surface area contributed by atoms with Crippen LogP contribution in [-0.2, 0) is 4.79 Å². The first-order valence-electron chi connectivity index (χ1n) is 9.37. The average Bonchev–Trinajstić information content (AvgIpc) is 3.07. The highest BCUT2D eigenvalue weighted by Crippen LogP contribution is 2.21. The maximum absolute atomic E-state index is 12.1. The number of ether oxygens (including phenoxy) is 1. The van der Waals surface area contributed by atoms with E-state index in [0.717, 1.165) is 42.3 Å². The van der Waals surface area contributed by atoms with Crippen molar-refractivity contribution in [1.82, 2.24) is 15.5 Å². The Hall–Kier alpha value is -1.51. The summed E-state index contributed by atoms with van der Waals surface area (Å²) in [6.07, 6.45) is 0.943. The number of aliphatic imine (C=N–C) groups is 1. The fourth-order valence-electron chi connectivity index (χ4n) is 3.18. The van der Waals surface area contributed by atoms with Crippen LogP contribution in [0.4, 0.5) is 0 Å². The number of amides is 1. The summed E-state index contributed by atoms with van der Waals surface area (Å²) in [5.41, 5.74) is 2.29. The molecule has 0 aliphatic carbocycles. The Kier molecular flexibility index (Phi) is 9.90. The van der Waals surface area contributed by atoms with Gasteiger partial charge in [-0.2, -0.15) is 0 Å². The van der Waals surface area contributed by atoms with Gasteiger partial charge in [0.1, 0.15) is 12.4 Å². The summed E-state index contributed by atoms with van der Waals surface area (Å²) < 4.78 is 5.91. The van der Waals surface area contributed by atoms with E-state index in [0.29, 0.717) is 13.2 Å². The van der Waals surface area contributed by atoms with Gasteiger partial charge in [-0.1, -0.05) is 32.0 Å². The number of carbonyl (C=O) groups excluding carboxylic acids is 1. The second-order valence-electron chi connectivity index (χ2n) is 7.14. The molecule has 1 aliphatic heterocycles. The van der Waals surface area contributed by atoms with Gasteiger partial charge in [-0.25, -0.2) is 0 Å². The first-order chi connectivity index (χ1) is 12.4. The molecule has 27 heavy (non-hydrogen) atoms. The first kappa shape index (κ1) is 23.5. The number of hydrogen-bond donors (Lipinski definition) is 2. The lowest BCUT2D eigenvalue weighted by molar-refractivity contribution is -0.133. The van der Waals surface area contributed by atoms with Crippen LogP contribution in [0.5, 0.6) is 5.75 Å². The number of guanidine groups is 1. The summed E-state index contributed by atoms with van der Waals surface area (Å²) in [7, 11) is 1.76. The lowest BCUT2D eigenvalue weighted by Gasteiger charge is -2.20. The second-order valence-corrected chi connectivity index (χ2v) is 7.14. The minimum atomic E-state index is 0. The summed E-state index contributed by atoms with van der Waals surface area (Å²) in [5, 5.41) is 6.68. The number of likely N-dealkylation sites (tertiary alicyclic amines) is 1. The number of nitrogens with zero attached hydrogens (tertiary/aromatic N) is 2. The second kappa shape index (κ2) is 11.4. The van der Waals surface area contributed by atoms with Gasteiger partial charge in [-0.15, -0.1) is 24.0 Å². The molecule has 1 heterocycles. The maximum Gasteiger partial charge on any atom is 0.225 e. The molecular formula is C20H33IN4O2. The number of nitrogens with one attached hydrogen (secondary N) is 2. The molecule has 152 valence electrons. The Bertz CT molecular complexity index is 629. The zero-order chi connectivity index (χ0) is 19.1. The number of benzene rings is 1. The summed E-state index contributed by atoms with van der Waals surface area (Å²) in [5.74, 6) is 1.97. The van der Waals surface area contributed by atoms with E-state index in [9.17, 15) is 4.79 Å². The van der Waals surface area contributed by atoms with Gasteiger partial charge in [0.2, 0.25) is 5.91 Å². The molecule has 1 aromatic rings. The van der Waals surface area contributed by atoms with Gasteiger partial charge in [0.25, 0.3) is 0 Å². The minimum Gasteiger partial charge on any atom is -0.491 e. The standard InChI is InChI=1S/C20H32N4O2.HI/c1-14(2)19(25)24-11-9-17(13-24)23-20(21-5)22-10-12-26-18-15(3)7-6-8-16(18)4;/h6-8,14,17H,9-13H2,1-5H3,(H2,21,22,23);1H. The van der Waals surface area contributed by atoms with E-state index in [2.05, 4.69) is 41.6 Å². The summed E-state index contributed by atoms with van der Waals surface area (Å²) in [6.45, 7) is 10.8. The van der Waals surface area contributed by atoms with Gasteiger partial charge in [0.15, 0.2) is 5.96 Å². The van der Waals surface area contributed by atoms with E-state index in [1.807, 2.05) is 24.8 Å². The summed E-state index contributed by atoms with van der Waals surface area (Å²) in [4.78, 5) is 18.3. The molecule has 1 aromatic carbocycles. The van der Waals surface area contributed by atoms with Gasteiger partial charge in [-0.3, -0.25) is 9.79 Å². The van der Waals surface area contributed by atoms with Gasteiger partial charge in [0, 0.05) is 32.1 Å². The van der Waals surface area contributed by atoms with Crippen molar-refractivity contribution < 1.29 is 9.53 Å². The van der Waals surface area contributed by atoms with Crippen LogP contribution in [-0.4, -0.2) is 56.1 Å². The Morgan fingerprint density at radius 3 is 2.59 bits per heavy atom. The molecule has 0 bridgehead atoms. The molecule has 1 aliphatic rings. The minimum absolute atomic E-state index is 0. The van der Waals surface area contributed by atoms with E-state index in [-0.39, 0.29) is 41.8 Å². The predicted octanol–water partition coefficient (Wildman–Crippen LogP) is 2.72.